The lowest BCUT2D eigenvalue weighted by atomic mass is 10.2. The molecule has 0 aliphatic rings. The van der Waals surface area contributed by atoms with Gasteiger partial charge in [0.2, 0.25) is 0 Å². The molecule has 1 N–H and O–H groups in total. The summed E-state index contributed by atoms with van der Waals surface area (Å²) in [4.78, 5) is 11.9. The lowest BCUT2D eigenvalue weighted by molar-refractivity contribution is -0.123. The number of hydrogen-bond acceptors (Lipinski definition) is 5. The van der Waals surface area contributed by atoms with Gasteiger partial charge in [-0.1, -0.05) is 51.8 Å². The van der Waals surface area contributed by atoms with Crippen molar-refractivity contribution in [2.45, 2.75) is 13.5 Å². The van der Waals surface area contributed by atoms with Crippen molar-refractivity contribution in [2.75, 3.05) is 13.2 Å². The average Bonchev–Trinajstić information content (AvgIpc) is 2.79. The van der Waals surface area contributed by atoms with Crippen LogP contribution in [0.25, 0.3) is 0 Å². The van der Waals surface area contributed by atoms with Crippen LogP contribution in [0.3, 0.4) is 0 Å². The van der Waals surface area contributed by atoms with E-state index in [9.17, 15) is 4.79 Å². The summed E-state index contributed by atoms with van der Waals surface area (Å²) in [6.07, 6.45) is 1.52. The maximum atomic E-state index is 11.9. The van der Waals surface area contributed by atoms with Gasteiger partial charge in [0.05, 0.1) is 17.8 Å². The van der Waals surface area contributed by atoms with Crippen molar-refractivity contribution < 1.29 is 19.0 Å². The minimum atomic E-state index is -0.402. The third-order valence-electron chi connectivity index (χ3n) is 4.17. The summed E-state index contributed by atoms with van der Waals surface area (Å²) in [5.41, 5.74) is 4.22. The van der Waals surface area contributed by atoms with Gasteiger partial charge in [-0.15, -0.1) is 0 Å². The molecule has 6 nitrogen and oxygen atoms in total. The van der Waals surface area contributed by atoms with E-state index in [1.54, 1.807) is 30.3 Å². The van der Waals surface area contributed by atoms with Crippen molar-refractivity contribution in [1.82, 2.24) is 5.43 Å². The Labute approximate surface area is 200 Å². The number of ether oxygens (including phenoxy) is 3. The van der Waals surface area contributed by atoms with Crippen LogP contribution in [0, 0.1) is 0 Å². The monoisotopic (exact) mass is 516 g/mol. The number of carbonyl (C=O) groups excluding carboxylic acids is 1. The molecule has 0 bridgehead atoms. The zero-order valence-corrected chi connectivity index (χ0v) is 19.7. The van der Waals surface area contributed by atoms with Crippen molar-refractivity contribution in [3.63, 3.8) is 0 Å². The van der Waals surface area contributed by atoms with Gasteiger partial charge in [-0.3, -0.25) is 4.79 Å². The number of amides is 1. The van der Waals surface area contributed by atoms with E-state index >= 15 is 0 Å². The van der Waals surface area contributed by atoms with Crippen LogP contribution in [-0.2, 0) is 11.4 Å². The molecule has 0 aromatic heterocycles. The topological polar surface area (TPSA) is 69.2 Å². The van der Waals surface area contributed by atoms with Crippen LogP contribution >= 0.6 is 27.5 Å². The lowest BCUT2D eigenvalue weighted by Gasteiger charge is -2.12. The van der Waals surface area contributed by atoms with E-state index in [1.807, 2.05) is 43.3 Å². The van der Waals surface area contributed by atoms with Crippen molar-refractivity contribution in [1.29, 1.82) is 0 Å². The fourth-order valence-electron chi connectivity index (χ4n) is 2.65. The predicted molar refractivity (Wildman–Crippen MR) is 129 cm³/mol. The third kappa shape index (κ3) is 7.28. The summed E-state index contributed by atoms with van der Waals surface area (Å²) in [5, 5.41) is 4.41. The van der Waals surface area contributed by atoms with E-state index in [1.165, 1.54) is 6.21 Å². The van der Waals surface area contributed by atoms with Crippen LogP contribution in [0.15, 0.2) is 76.3 Å². The molecule has 3 aromatic rings. The van der Waals surface area contributed by atoms with Gasteiger partial charge < -0.3 is 14.2 Å². The van der Waals surface area contributed by atoms with Gasteiger partial charge in [0.1, 0.15) is 12.4 Å². The molecule has 0 spiro atoms. The first kappa shape index (κ1) is 23.6. The Morgan fingerprint density at radius 3 is 2.53 bits per heavy atom. The number of nitrogens with one attached hydrogen (secondary N) is 1. The van der Waals surface area contributed by atoms with Gasteiger partial charge in [0.15, 0.2) is 18.1 Å². The molecular formula is C24H22BrClN2O4. The molecule has 0 heterocycles. The number of hydrazone groups is 1. The van der Waals surface area contributed by atoms with Crippen LogP contribution in [0.5, 0.6) is 17.2 Å². The molecule has 0 unspecified atom stereocenters. The Kier molecular flexibility index (Phi) is 8.95. The Morgan fingerprint density at radius 1 is 1.00 bits per heavy atom. The minimum Gasteiger partial charge on any atom is -0.490 e. The largest absolute Gasteiger partial charge is 0.490 e. The smallest absolute Gasteiger partial charge is 0.277 e. The molecule has 0 radical (unpaired) electrons. The standard InChI is InChI=1S/C24H22BrClN2O4/c1-2-30-23-13-18(9-12-22(23)31-15-17-7-10-19(25)11-8-17)14-27-28-24(29)16-32-21-6-4-3-5-20(21)26/h3-14H,2,15-16H2,1H3,(H,28,29)/b27-14-. The fourth-order valence-corrected chi connectivity index (χ4v) is 3.11. The molecule has 8 heteroatoms. The van der Waals surface area contributed by atoms with Crippen molar-refractivity contribution in [2.24, 2.45) is 5.10 Å². The van der Waals surface area contributed by atoms with Crippen LogP contribution in [0.1, 0.15) is 18.1 Å². The molecule has 0 saturated carbocycles. The summed E-state index contributed by atoms with van der Waals surface area (Å²) in [7, 11) is 0. The van der Waals surface area contributed by atoms with E-state index in [0.29, 0.717) is 35.5 Å². The van der Waals surface area contributed by atoms with Crippen molar-refractivity contribution in [3.05, 3.63) is 87.4 Å². The van der Waals surface area contributed by atoms with E-state index in [4.69, 9.17) is 25.8 Å². The summed E-state index contributed by atoms with van der Waals surface area (Å²) >= 11 is 9.42. The quantitative estimate of drug-likeness (QED) is 0.280. The van der Waals surface area contributed by atoms with Gasteiger partial charge in [-0.2, -0.15) is 5.10 Å². The Hall–Kier alpha value is -3.03. The fraction of sp³-hybridized carbons (Fsp3) is 0.167. The van der Waals surface area contributed by atoms with E-state index in [0.717, 1.165) is 15.6 Å². The molecule has 0 aliphatic carbocycles. The number of nitrogens with zero attached hydrogens (tertiary/aromatic N) is 1. The molecule has 0 atom stereocenters. The third-order valence-corrected chi connectivity index (χ3v) is 5.01. The Bertz CT molecular complexity index is 1070. The molecule has 166 valence electrons. The molecule has 0 saturated heterocycles. The van der Waals surface area contributed by atoms with Crippen molar-refractivity contribution in [3.8, 4) is 17.2 Å². The molecular weight excluding hydrogens is 496 g/mol. The maximum absolute atomic E-state index is 11.9. The minimum absolute atomic E-state index is 0.200. The number of hydrogen-bond donors (Lipinski definition) is 1. The second-order valence-electron chi connectivity index (χ2n) is 6.57. The average molecular weight is 518 g/mol. The number of para-hydroxylation sites is 1. The highest BCUT2D eigenvalue weighted by molar-refractivity contribution is 9.10. The van der Waals surface area contributed by atoms with Gasteiger partial charge in [0.25, 0.3) is 5.91 Å². The number of benzene rings is 3. The first-order valence-corrected chi connectivity index (χ1v) is 11.1. The summed E-state index contributed by atoms with van der Waals surface area (Å²) in [5.74, 6) is 1.26. The normalized spacial score (nSPS) is 10.7. The SMILES string of the molecule is CCOc1cc(/C=N\NC(=O)COc2ccccc2Cl)ccc1OCc1ccc(Br)cc1. The summed E-state index contributed by atoms with van der Waals surface area (Å²) in [6, 6.07) is 20.3. The lowest BCUT2D eigenvalue weighted by Crippen LogP contribution is -2.24. The summed E-state index contributed by atoms with van der Waals surface area (Å²) in [6.45, 7) is 2.61. The van der Waals surface area contributed by atoms with E-state index in [-0.39, 0.29) is 6.61 Å². The van der Waals surface area contributed by atoms with Gasteiger partial charge in [0, 0.05) is 4.47 Å². The van der Waals surface area contributed by atoms with Crippen LogP contribution in [-0.4, -0.2) is 25.3 Å². The predicted octanol–water partition coefficient (Wildman–Crippen LogP) is 5.61. The Balaban J connectivity index is 1.55. The molecule has 3 aromatic carbocycles. The van der Waals surface area contributed by atoms with Crippen LogP contribution in [0.2, 0.25) is 5.02 Å². The number of carbonyl (C=O) groups is 1. The van der Waals surface area contributed by atoms with E-state index < -0.39 is 5.91 Å². The molecule has 0 fully saturated rings. The van der Waals surface area contributed by atoms with E-state index in [2.05, 4.69) is 26.5 Å². The first-order chi connectivity index (χ1) is 15.5. The van der Waals surface area contributed by atoms with Crippen LogP contribution in [0.4, 0.5) is 0 Å². The molecule has 1 amide bonds. The molecule has 3 rings (SSSR count). The van der Waals surface area contributed by atoms with Crippen molar-refractivity contribution >= 4 is 39.7 Å². The summed E-state index contributed by atoms with van der Waals surface area (Å²) < 4.78 is 18.0. The highest BCUT2D eigenvalue weighted by Crippen LogP contribution is 2.29. The Morgan fingerprint density at radius 2 is 1.78 bits per heavy atom. The zero-order chi connectivity index (χ0) is 22.8. The highest BCUT2D eigenvalue weighted by atomic mass is 79.9. The zero-order valence-electron chi connectivity index (χ0n) is 17.4. The second-order valence-corrected chi connectivity index (χ2v) is 7.89. The second kappa shape index (κ2) is 12.1. The number of rotatable bonds is 10. The molecule has 0 aliphatic heterocycles. The van der Waals surface area contributed by atoms with Gasteiger partial charge in [-0.25, -0.2) is 5.43 Å². The number of halogens is 2. The maximum Gasteiger partial charge on any atom is 0.277 e. The first-order valence-electron chi connectivity index (χ1n) is 9.88. The van der Waals surface area contributed by atoms with Crippen LogP contribution < -0.4 is 19.6 Å². The highest BCUT2D eigenvalue weighted by Gasteiger charge is 2.07. The van der Waals surface area contributed by atoms with Gasteiger partial charge >= 0.3 is 0 Å². The van der Waals surface area contributed by atoms with Gasteiger partial charge in [-0.05, 0) is 60.5 Å². The molecule has 32 heavy (non-hydrogen) atoms.